The highest BCUT2D eigenvalue weighted by atomic mass is 32.2. The van der Waals surface area contributed by atoms with Gasteiger partial charge in [-0.2, -0.15) is 11.8 Å². The lowest BCUT2D eigenvalue weighted by molar-refractivity contribution is -0.128. The van der Waals surface area contributed by atoms with Crippen molar-refractivity contribution in [2.24, 2.45) is 5.92 Å². The number of ketones is 1. The molecule has 0 unspecified atom stereocenters. The van der Waals surface area contributed by atoms with E-state index < -0.39 is 18.2 Å². The van der Waals surface area contributed by atoms with Crippen molar-refractivity contribution in [3.63, 3.8) is 0 Å². The van der Waals surface area contributed by atoms with Crippen LogP contribution in [0, 0.1) is 5.92 Å². The number of ether oxygens (including phenoxy) is 1. The summed E-state index contributed by atoms with van der Waals surface area (Å²) in [7, 11) is 3.99. The van der Waals surface area contributed by atoms with E-state index in [0.29, 0.717) is 18.6 Å². The number of alkyl carbamates (subject to hydrolysis) is 1. The van der Waals surface area contributed by atoms with Gasteiger partial charge >= 0.3 is 6.09 Å². The van der Waals surface area contributed by atoms with Gasteiger partial charge in [0.1, 0.15) is 12.6 Å². The van der Waals surface area contributed by atoms with Crippen LogP contribution in [0.3, 0.4) is 0 Å². The van der Waals surface area contributed by atoms with E-state index in [2.05, 4.69) is 15.5 Å². The van der Waals surface area contributed by atoms with Crippen LogP contribution in [0.1, 0.15) is 31.4 Å². The first-order chi connectivity index (χ1) is 17.2. The summed E-state index contributed by atoms with van der Waals surface area (Å²) in [6, 6.07) is 17.5. The summed E-state index contributed by atoms with van der Waals surface area (Å²) in [6.07, 6.45) is 0.160. The number of benzene rings is 2. The molecule has 0 spiro atoms. The molecule has 0 aliphatic heterocycles. The molecule has 0 saturated heterocycles. The third-order valence-corrected chi connectivity index (χ3v) is 6.40. The molecule has 2 aromatic rings. The average Bonchev–Trinajstić information content (AvgIpc) is 2.85. The Kier molecular flexibility index (Phi) is 13.1. The van der Waals surface area contributed by atoms with E-state index in [1.165, 1.54) is 0 Å². The molecule has 0 aliphatic carbocycles. The van der Waals surface area contributed by atoms with Crippen molar-refractivity contribution in [3.05, 3.63) is 71.8 Å². The molecule has 0 heterocycles. The molecule has 36 heavy (non-hydrogen) atoms. The molecule has 2 atom stereocenters. The molecular formula is C28H39N3O4S. The van der Waals surface area contributed by atoms with E-state index in [4.69, 9.17) is 4.74 Å². The topological polar surface area (TPSA) is 87.7 Å². The molecule has 0 aromatic heterocycles. The Morgan fingerprint density at radius 1 is 0.889 bits per heavy atom. The molecule has 8 heteroatoms. The van der Waals surface area contributed by atoms with Gasteiger partial charge in [0.2, 0.25) is 5.91 Å². The monoisotopic (exact) mass is 513 g/mol. The summed E-state index contributed by atoms with van der Waals surface area (Å²) >= 11 is 1.56. The summed E-state index contributed by atoms with van der Waals surface area (Å²) in [5.74, 6) is 0.876. The second-order valence-corrected chi connectivity index (χ2v) is 10.6. The number of amides is 2. The second-order valence-electron chi connectivity index (χ2n) is 9.46. The summed E-state index contributed by atoms with van der Waals surface area (Å²) in [6.45, 7) is 4.94. The SMILES string of the molecule is CC(C)C[C@H](NC(=O)OCc1ccccc1)C(=O)N[C@@H](Cc1ccccc1)C(=O)CSCCN(C)C. The molecule has 0 aliphatic rings. The average molecular weight is 514 g/mol. The van der Waals surface area contributed by atoms with Gasteiger partial charge in [-0.05, 0) is 44.0 Å². The van der Waals surface area contributed by atoms with Crippen LogP contribution in [0.4, 0.5) is 4.79 Å². The summed E-state index contributed by atoms with van der Waals surface area (Å²) in [5, 5.41) is 5.61. The number of nitrogens with zero attached hydrogens (tertiary/aromatic N) is 1. The van der Waals surface area contributed by atoms with E-state index in [1.807, 2.05) is 88.6 Å². The molecule has 196 valence electrons. The number of Topliss-reactive ketones (excluding diaryl/α,β-unsaturated/α-hetero) is 1. The Morgan fingerprint density at radius 2 is 1.50 bits per heavy atom. The number of thioether (sulfide) groups is 1. The third-order valence-electron chi connectivity index (χ3n) is 5.44. The van der Waals surface area contributed by atoms with E-state index in [9.17, 15) is 14.4 Å². The first-order valence-corrected chi connectivity index (χ1v) is 13.5. The zero-order chi connectivity index (χ0) is 26.3. The van der Waals surface area contributed by atoms with Gasteiger partial charge in [-0.15, -0.1) is 0 Å². The zero-order valence-corrected chi connectivity index (χ0v) is 22.6. The van der Waals surface area contributed by atoms with Gasteiger partial charge in [0.25, 0.3) is 0 Å². The third kappa shape index (κ3) is 11.7. The van der Waals surface area contributed by atoms with E-state index in [-0.39, 0.29) is 24.2 Å². The lowest BCUT2D eigenvalue weighted by atomic mass is 10.00. The van der Waals surface area contributed by atoms with Crippen molar-refractivity contribution in [1.82, 2.24) is 15.5 Å². The van der Waals surface area contributed by atoms with Crippen LogP contribution >= 0.6 is 11.8 Å². The van der Waals surface area contributed by atoms with Gasteiger partial charge in [-0.1, -0.05) is 74.5 Å². The molecule has 2 N–H and O–H groups in total. The largest absolute Gasteiger partial charge is 0.445 e. The Morgan fingerprint density at radius 3 is 2.08 bits per heavy atom. The smallest absolute Gasteiger partial charge is 0.408 e. The zero-order valence-electron chi connectivity index (χ0n) is 21.7. The fourth-order valence-electron chi connectivity index (χ4n) is 3.50. The minimum absolute atomic E-state index is 0.0362. The van der Waals surface area contributed by atoms with Crippen molar-refractivity contribution in [3.8, 4) is 0 Å². The molecule has 2 aromatic carbocycles. The number of carbonyl (C=O) groups excluding carboxylic acids is 3. The second kappa shape index (κ2) is 16.0. The van der Waals surface area contributed by atoms with Crippen LogP contribution in [0.2, 0.25) is 0 Å². The van der Waals surface area contributed by atoms with Crippen molar-refractivity contribution in [1.29, 1.82) is 0 Å². The normalized spacial score (nSPS) is 12.7. The van der Waals surface area contributed by atoms with Crippen molar-refractivity contribution < 1.29 is 19.1 Å². The summed E-state index contributed by atoms with van der Waals surface area (Å²) in [5.41, 5.74) is 1.82. The fourth-order valence-corrected chi connectivity index (χ4v) is 4.54. The van der Waals surface area contributed by atoms with Crippen molar-refractivity contribution >= 4 is 29.5 Å². The van der Waals surface area contributed by atoms with Crippen LogP contribution in [0.25, 0.3) is 0 Å². The highest BCUT2D eigenvalue weighted by Gasteiger charge is 2.28. The van der Waals surface area contributed by atoms with Gasteiger partial charge in [0.05, 0.1) is 11.8 Å². The lowest BCUT2D eigenvalue weighted by Gasteiger charge is -2.24. The molecule has 0 bridgehead atoms. The Balaban J connectivity index is 2.04. The maximum Gasteiger partial charge on any atom is 0.408 e. The Hall–Kier alpha value is -2.84. The van der Waals surface area contributed by atoms with Crippen LogP contribution in [-0.2, 0) is 27.4 Å². The van der Waals surface area contributed by atoms with E-state index in [1.54, 1.807) is 11.8 Å². The number of hydrogen-bond acceptors (Lipinski definition) is 6. The van der Waals surface area contributed by atoms with E-state index in [0.717, 1.165) is 23.4 Å². The van der Waals surface area contributed by atoms with Crippen LogP contribution in [-0.4, -0.2) is 66.9 Å². The number of hydrogen-bond donors (Lipinski definition) is 2. The van der Waals surface area contributed by atoms with Crippen LogP contribution < -0.4 is 10.6 Å². The first kappa shape index (κ1) is 29.4. The summed E-state index contributed by atoms with van der Waals surface area (Å²) < 4.78 is 5.32. The predicted octanol–water partition coefficient (Wildman–Crippen LogP) is 3.92. The Bertz CT molecular complexity index is 938. The van der Waals surface area contributed by atoms with Gasteiger partial charge < -0.3 is 20.3 Å². The van der Waals surface area contributed by atoms with Gasteiger partial charge in [0.15, 0.2) is 5.78 Å². The lowest BCUT2D eigenvalue weighted by Crippen LogP contribution is -2.53. The van der Waals surface area contributed by atoms with Crippen molar-refractivity contribution in [2.75, 3.05) is 32.1 Å². The molecule has 7 nitrogen and oxygen atoms in total. The fraction of sp³-hybridized carbons (Fsp3) is 0.464. The van der Waals surface area contributed by atoms with E-state index >= 15 is 0 Å². The highest BCUT2D eigenvalue weighted by molar-refractivity contribution is 7.99. The molecule has 0 saturated carbocycles. The quantitative estimate of drug-likeness (QED) is 0.351. The first-order valence-electron chi connectivity index (χ1n) is 12.3. The van der Waals surface area contributed by atoms with Gasteiger partial charge in [0, 0.05) is 12.3 Å². The number of nitrogens with one attached hydrogen (secondary N) is 2. The minimum Gasteiger partial charge on any atom is -0.445 e. The minimum atomic E-state index is -0.805. The summed E-state index contributed by atoms with van der Waals surface area (Å²) in [4.78, 5) is 40.9. The molecular weight excluding hydrogens is 474 g/mol. The molecule has 0 radical (unpaired) electrons. The highest BCUT2D eigenvalue weighted by Crippen LogP contribution is 2.11. The molecule has 0 fully saturated rings. The Labute approximate surface area is 219 Å². The standard InChI is InChI=1S/C28H39N3O4S/c1-21(2)17-25(30-28(34)35-19-23-13-9-6-10-14-23)27(33)29-24(18-22-11-7-5-8-12-22)26(32)20-36-16-15-31(3)4/h5-14,21,24-25H,15-20H2,1-4H3,(H,29,33)(H,30,34)/t24-,25-/m0/s1. The van der Waals surface area contributed by atoms with Gasteiger partial charge in [-0.3, -0.25) is 9.59 Å². The van der Waals surface area contributed by atoms with Crippen LogP contribution in [0.5, 0.6) is 0 Å². The maximum atomic E-state index is 13.3. The maximum absolute atomic E-state index is 13.3. The molecule has 2 amide bonds. The number of carbonyl (C=O) groups is 3. The predicted molar refractivity (Wildman–Crippen MR) is 146 cm³/mol. The van der Waals surface area contributed by atoms with Crippen LogP contribution in [0.15, 0.2) is 60.7 Å². The van der Waals surface area contributed by atoms with Crippen molar-refractivity contribution in [2.45, 2.75) is 45.4 Å². The number of rotatable bonds is 15. The molecule has 2 rings (SSSR count). The van der Waals surface area contributed by atoms with Gasteiger partial charge in [-0.25, -0.2) is 4.79 Å².